The lowest BCUT2D eigenvalue weighted by molar-refractivity contribution is -0.108. The predicted octanol–water partition coefficient (Wildman–Crippen LogP) is 4.85. The second-order valence-electron chi connectivity index (χ2n) is 10.1. The average Bonchev–Trinajstić information content (AvgIpc) is 2.29. The monoisotopic (exact) mass is 307 g/mol. The number of piperidine rings is 2. The summed E-state index contributed by atoms with van der Waals surface area (Å²) >= 11 is 0. The van der Waals surface area contributed by atoms with Crippen molar-refractivity contribution in [3.8, 4) is 0 Å². The van der Waals surface area contributed by atoms with Crippen molar-refractivity contribution in [1.29, 1.82) is 0 Å². The van der Waals surface area contributed by atoms with Crippen LogP contribution in [0.3, 0.4) is 0 Å². The lowest BCUT2D eigenvalue weighted by atomic mass is 9.56. The van der Waals surface area contributed by atoms with Crippen molar-refractivity contribution in [3.05, 3.63) is 0 Å². The van der Waals surface area contributed by atoms with E-state index in [2.05, 4.69) is 25.7 Å². The molecule has 2 saturated heterocycles. The fourth-order valence-corrected chi connectivity index (χ4v) is 5.25. The van der Waals surface area contributed by atoms with E-state index in [9.17, 15) is 4.79 Å². The van der Waals surface area contributed by atoms with Gasteiger partial charge in [0.25, 0.3) is 0 Å². The zero-order valence-electron chi connectivity index (χ0n) is 15.2. The summed E-state index contributed by atoms with van der Waals surface area (Å²) in [4.78, 5) is 14.9. The molecule has 4 bridgehead atoms. The van der Waals surface area contributed by atoms with Gasteiger partial charge in [0, 0.05) is 12.1 Å². The average molecular weight is 307 g/mol. The second-order valence-corrected chi connectivity index (χ2v) is 10.1. The predicted molar refractivity (Wildman–Crippen MR) is 88.7 cm³/mol. The molecule has 0 aromatic carbocycles. The zero-order chi connectivity index (χ0) is 16.3. The van der Waals surface area contributed by atoms with Gasteiger partial charge in [-0.3, -0.25) is 0 Å². The highest BCUT2D eigenvalue weighted by Gasteiger charge is 2.54. The van der Waals surface area contributed by atoms with Crippen molar-refractivity contribution >= 4 is 6.09 Å². The van der Waals surface area contributed by atoms with E-state index in [0.717, 1.165) is 11.8 Å². The van der Waals surface area contributed by atoms with Gasteiger partial charge in [-0.1, -0.05) is 20.8 Å². The van der Waals surface area contributed by atoms with Gasteiger partial charge in [-0.2, -0.15) is 0 Å². The van der Waals surface area contributed by atoms with Crippen molar-refractivity contribution in [2.45, 2.75) is 91.3 Å². The van der Waals surface area contributed by atoms with E-state index in [1.54, 1.807) is 0 Å². The lowest BCUT2D eigenvalue weighted by Gasteiger charge is -2.60. The minimum absolute atomic E-state index is 0.0693. The van der Waals surface area contributed by atoms with Crippen molar-refractivity contribution in [2.24, 2.45) is 23.2 Å². The summed E-state index contributed by atoms with van der Waals surface area (Å²) in [7, 11) is 0. The summed E-state index contributed by atoms with van der Waals surface area (Å²) in [6.07, 6.45) is 6.16. The first-order valence-electron chi connectivity index (χ1n) is 9.05. The fourth-order valence-electron chi connectivity index (χ4n) is 5.25. The summed E-state index contributed by atoms with van der Waals surface area (Å²) in [6.45, 7) is 12.9. The summed E-state index contributed by atoms with van der Waals surface area (Å²) in [5.74, 6) is 2.35. The number of nitrogens with zero attached hydrogens (tertiary/aromatic N) is 1. The van der Waals surface area contributed by atoms with Crippen molar-refractivity contribution in [2.75, 3.05) is 0 Å². The van der Waals surface area contributed by atoms with Gasteiger partial charge >= 0.3 is 6.09 Å². The highest BCUT2D eigenvalue weighted by Crippen LogP contribution is 2.54. The van der Waals surface area contributed by atoms with Crippen LogP contribution < -0.4 is 0 Å². The second kappa shape index (κ2) is 5.14. The Bertz CT molecular complexity index is 445. The summed E-state index contributed by atoms with van der Waals surface area (Å²) < 4.78 is 5.73. The molecule has 2 aliphatic heterocycles. The van der Waals surface area contributed by atoms with Gasteiger partial charge in [-0.25, -0.2) is 4.79 Å². The van der Waals surface area contributed by atoms with Crippen LogP contribution in [0.25, 0.3) is 0 Å². The van der Waals surface area contributed by atoms with Gasteiger partial charge < -0.3 is 9.64 Å². The van der Waals surface area contributed by atoms with E-state index in [1.165, 1.54) is 32.1 Å². The van der Waals surface area contributed by atoms with Crippen molar-refractivity contribution in [1.82, 2.24) is 4.90 Å². The van der Waals surface area contributed by atoms with E-state index < -0.39 is 5.60 Å². The Kier molecular flexibility index (Phi) is 3.77. The normalized spacial score (nSPS) is 37.5. The van der Waals surface area contributed by atoms with Crippen molar-refractivity contribution < 1.29 is 9.53 Å². The Morgan fingerprint density at radius 1 is 1.05 bits per heavy atom. The number of amides is 1. The molecular formula is C19H33NO2. The molecule has 1 amide bonds. The zero-order valence-corrected chi connectivity index (χ0v) is 15.2. The Morgan fingerprint density at radius 2 is 1.73 bits per heavy atom. The molecule has 0 N–H and O–H groups in total. The van der Waals surface area contributed by atoms with Crippen LogP contribution in [0.4, 0.5) is 4.79 Å². The van der Waals surface area contributed by atoms with Gasteiger partial charge in [0.15, 0.2) is 0 Å². The van der Waals surface area contributed by atoms with Crippen molar-refractivity contribution in [3.63, 3.8) is 0 Å². The molecule has 2 saturated carbocycles. The van der Waals surface area contributed by atoms with Crippen LogP contribution in [-0.4, -0.2) is 28.7 Å². The molecule has 4 fully saturated rings. The van der Waals surface area contributed by atoms with Crippen LogP contribution in [0.15, 0.2) is 0 Å². The van der Waals surface area contributed by atoms with E-state index in [0.29, 0.717) is 23.4 Å². The van der Waals surface area contributed by atoms with Crippen LogP contribution >= 0.6 is 0 Å². The molecule has 2 aliphatic carbocycles. The quantitative estimate of drug-likeness (QED) is 0.693. The molecule has 2 heterocycles. The van der Waals surface area contributed by atoms with E-state index in [1.807, 2.05) is 20.8 Å². The molecule has 0 aromatic rings. The Labute approximate surface area is 135 Å². The van der Waals surface area contributed by atoms with Crippen LogP contribution in [-0.2, 0) is 4.74 Å². The van der Waals surface area contributed by atoms with Crippen LogP contribution in [0, 0.1) is 23.2 Å². The summed E-state index contributed by atoms with van der Waals surface area (Å²) in [5.41, 5.74) is -0.0646. The molecule has 5 atom stereocenters. The molecule has 4 rings (SSSR count). The maximum absolute atomic E-state index is 12.8. The molecule has 0 aromatic heterocycles. The Balaban J connectivity index is 1.81. The molecular weight excluding hydrogens is 274 g/mol. The third-order valence-electron chi connectivity index (χ3n) is 5.69. The van der Waals surface area contributed by atoms with Gasteiger partial charge in [0.05, 0.1) is 0 Å². The smallest absolute Gasteiger partial charge is 0.410 e. The molecule has 22 heavy (non-hydrogen) atoms. The maximum Gasteiger partial charge on any atom is 0.410 e. The first kappa shape index (κ1) is 16.1. The lowest BCUT2D eigenvalue weighted by Crippen LogP contribution is -2.64. The van der Waals surface area contributed by atoms with Crippen LogP contribution in [0.5, 0.6) is 0 Å². The van der Waals surface area contributed by atoms with Gasteiger partial charge in [-0.15, -0.1) is 0 Å². The van der Waals surface area contributed by atoms with Gasteiger partial charge in [0.2, 0.25) is 0 Å². The minimum atomic E-state index is -0.398. The van der Waals surface area contributed by atoms with E-state index in [4.69, 9.17) is 4.74 Å². The molecule has 0 spiro atoms. The number of ether oxygens (including phenoxy) is 1. The minimum Gasteiger partial charge on any atom is -0.444 e. The third kappa shape index (κ3) is 3.14. The highest BCUT2D eigenvalue weighted by molar-refractivity contribution is 5.69. The number of carbonyl (C=O) groups is 1. The molecule has 3 heteroatoms. The van der Waals surface area contributed by atoms with Gasteiger partial charge in [-0.05, 0) is 76.0 Å². The topological polar surface area (TPSA) is 29.5 Å². The maximum atomic E-state index is 12.8. The van der Waals surface area contributed by atoms with E-state index >= 15 is 0 Å². The Hall–Kier alpha value is -0.730. The standard InChI is InChI=1S/C19H33NO2/c1-18(2,3)11-15-13-7-12-8-14(10-13)20(16(15)9-12)17(21)22-19(4,5)6/h12-16H,7-11H2,1-6H3. The van der Waals surface area contributed by atoms with E-state index in [-0.39, 0.29) is 6.09 Å². The fraction of sp³-hybridized carbons (Fsp3) is 0.947. The number of hydrogen-bond donors (Lipinski definition) is 0. The molecule has 5 unspecified atom stereocenters. The first-order valence-corrected chi connectivity index (χ1v) is 9.05. The highest BCUT2D eigenvalue weighted by atomic mass is 16.6. The molecule has 3 nitrogen and oxygen atoms in total. The molecule has 126 valence electrons. The summed E-state index contributed by atoms with van der Waals surface area (Å²) in [6, 6.07) is 0.860. The molecule has 4 aliphatic rings. The number of hydrogen-bond acceptors (Lipinski definition) is 2. The number of rotatable bonds is 1. The summed E-state index contributed by atoms with van der Waals surface area (Å²) in [5, 5.41) is 0. The SMILES string of the molecule is CC(C)(C)CC1C2CC3CC(C2)N(C(=O)OC(C)(C)C)C1C3. The van der Waals surface area contributed by atoms with Crippen LogP contribution in [0.2, 0.25) is 0 Å². The molecule has 0 radical (unpaired) electrons. The number of carbonyl (C=O) groups excluding carboxylic acids is 1. The third-order valence-corrected chi connectivity index (χ3v) is 5.69. The Morgan fingerprint density at radius 3 is 2.32 bits per heavy atom. The van der Waals surface area contributed by atoms with Crippen LogP contribution in [0.1, 0.15) is 73.6 Å². The largest absolute Gasteiger partial charge is 0.444 e. The first-order chi connectivity index (χ1) is 10.0. The van der Waals surface area contributed by atoms with Gasteiger partial charge in [0.1, 0.15) is 5.60 Å².